The van der Waals surface area contributed by atoms with Gasteiger partial charge in [0.15, 0.2) is 5.75 Å². The van der Waals surface area contributed by atoms with E-state index in [0.717, 1.165) is 35.2 Å². The van der Waals surface area contributed by atoms with Gasteiger partial charge in [-0.2, -0.15) is 0 Å². The van der Waals surface area contributed by atoms with Crippen molar-refractivity contribution in [2.75, 3.05) is 26.2 Å². The minimum absolute atomic E-state index is 0.0105. The van der Waals surface area contributed by atoms with Gasteiger partial charge in [-0.15, -0.1) is 0 Å². The SMILES string of the molecule is Cc1ccc(OCc2cccc(C(=O)N3CCN(Cc4ccccc4Br)CC3)c2)c([N+](=O)[O-])c1. The zero-order chi connectivity index (χ0) is 24.1. The van der Waals surface area contributed by atoms with Crippen molar-refractivity contribution in [3.63, 3.8) is 0 Å². The first kappa shape index (κ1) is 23.9. The lowest BCUT2D eigenvalue weighted by molar-refractivity contribution is -0.386. The smallest absolute Gasteiger partial charge is 0.311 e. The number of piperazine rings is 1. The molecule has 3 aromatic rings. The fraction of sp³-hybridized carbons (Fsp3) is 0.269. The van der Waals surface area contributed by atoms with E-state index in [-0.39, 0.29) is 24.0 Å². The highest BCUT2D eigenvalue weighted by molar-refractivity contribution is 9.10. The lowest BCUT2D eigenvalue weighted by Crippen LogP contribution is -2.48. The molecule has 0 atom stereocenters. The molecule has 176 valence electrons. The number of carbonyl (C=O) groups excluding carboxylic acids is 1. The van der Waals surface area contributed by atoms with E-state index < -0.39 is 4.92 Å². The quantitative estimate of drug-likeness (QED) is 0.314. The van der Waals surface area contributed by atoms with E-state index in [4.69, 9.17) is 4.74 Å². The molecule has 1 heterocycles. The second kappa shape index (κ2) is 10.8. The van der Waals surface area contributed by atoms with Crippen molar-refractivity contribution in [2.24, 2.45) is 0 Å². The number of ether oxygens (including phenoxy) is 1. The van der Waals surface area contributed by atoms with Crippen LogP contribution < -0.4 is 4.74 Å². The van der Waals surface area contributed by atoms with Gasteiger partial charge in [-0.25, -0.2) is 0 Å². The van der Waals surface area contributed by atoms with E-state index in [2.05, 4.69) is 26.9 Å². The molecular weight excluding hydrogens is 498 g/mol. The van der Waals surface area contributed by atoms with Gasteiger partial charge < -0.3 is 9.64 Å². The predicted molar refractivity (Wildman–Crippen MR) is 134 cm³/mol. The second-order valence-electron chi connectivity index (χ2n) is 8.38. The van der Waals surface area contributed by atoms with Crippen LogP contribution in [-0.4, -0.2) is 46.8 Å². The lowest BCUT2D eigenvalue weighted by atomic mass is 10.1. The second-order valence-corrected chi connectivity index (χ2v) is 9.23. The summed E-state index contributed by atoms with van der Waals surface area (Å²) in [7, 11) is 0. The van der Waals surface area contributed by atoms with Crippen LogP contribution >= 0.6 is 15.9 Å². The Morgan fingerprint density at radius 2 is 1.79 bits per heavy atom. The first-order valence-electron chi connectivity index (χ1n) is 11.1. The van der Waals surface area contributed by atoms with E-state index in [1.807, 2.05) is 35.2 Å². The molecule has 1 aliphatic rings. The highest BCUT2D eigenvalue weighted by Crippen LogP contribution is 2.28. The minimum atomic E-state index is -0.446. The number of benzene rings is 3. The number of hydrogen-bond acceptors (Lipinski definition) is 5. The first-order chi connectivity index (χ1) is 16.4. The maximum absolute atomic E-state index is 13.1. The van der Waals surface area contributed by atoms with Gasteiger partial charge in [0.1, 0.15) is 6.61 Å². The molecule has 7 nitrogen and oxygen atoms in total. The van der Waals surface area contributed by atoms with Crippen LogP contribution in [0.25, 0.3) is 0 Å². The van der Waals surface area contributed by atoms with Gasteiger partial charge in [-0.3, -0.25) is 19.8 Å². The zero-order valence-corrected chi connectivity index (χ0v) is 20.5. The molecular formula is C26H26BrN3O4. The summed E-state index contributed by atoms with van der Waals surface area (Å²) in [5, 5.41) is 11.3. The van der Waals surface area contributed by atoms with Gasteiger partial charge in [-0.1, -0.05) is 52.3 Å². The van der Waals surface area contributed by atoms with Gasteiger partial charge in [0.2, 0.25) is 0 Å². The van der Waals surface area contributed by atoms with Crippen LogP contribution in [-0.2, 0) is 13.2 Å². The molecule has 0 saturated carbocycles. The Bertz CT molecular complexity index is 1190. The Kier molecular flexibility index (Phi) is 7.59. The summed E-state index contributed by atoms with van der Waals surface area (Å²) >= 11 is 3.60. The molecule has 0 aliphatic carbocycles. The number of aryl methyl sites for hydroxylation is 1. The Morgan fingerprint density at radius 3 is 2.53 bits per heavy atom. The molecule has 8 heteroatoms. The standard InChI is InChI=1S/C26H26BrN3O4/c1-19-9-10-25(24(15-19)30(32)33)34-18-20-5-4-7-21(16-20)26(31)29-13-11-28(12-14-29)17-22-6-2-3-8-23(22)27/h2-10,15-16H,11-14,17-18H2,1H3. The van der Waals surface area contributed by atoms with Crippen LogP contribution in [0.1, 0.15) is 27.0 Å². The molecule has 1 saturated heterocycles. The molecule has 0 unspecified atom stereocenters. The van der Waals surface area contributed by atoms with Crippen molar-refractivity contribution in [1.29, 1.82) is 0 Å². The topological polar surface area (TPSA) is 75.9 Å². The van der Waals surface area contributed by atoms with E-state index in [9.17, 15) is 14.9 Å². The molecule has 3 aromatic carbocycles. The molecule has 0 bridgehead atoms. The summed E-state index contributed by atoms with van der Waals surface area (Å²) in [6.45, 7) is 5.75. The monoisotopic (exact) mass is 523 g/mol. The summed E-state index contributed by atoms with van der Waals surface area (Å²) in [5.74, 6) is 0.206. The fourth-order valence-corrected chi connectivity index (χ4v) is 4.42. The van der Waals surface area contributed by atoms with Crippen LogP contribution in [0.15, 0.2) is 71.2 Å². The Hall–Kier alpha value is -3.23. The van der Waals surface area contributed by atoms with Gasteiger partial charge >= 0.3 is 5.69 Å². The van der Waals surface area contributed by atoms with Gasteiger partial charge in [0.25, 0.3) is 5.91 Å². The van der Waals surface area contributed by atoms with Gasteiger partial charge in [0, 0.05) is 48.8 Å². The maximum Gasteiger partial charge on any atom is 0.311 e. The van der Waals surface area contributed by atoms with Crippen LogP contribution in [0.5, 0.6) is 5.75 Å². The molecule has 0 radical (unpaired) electrons. The van der Waals surface area contributed by atoms with Crippen molar-refractivity contribution in [1.82, 2.24) is 9.80 Å². The van der Waals surface area contributed by atoms with Crippen molar-refractivity contribution >= 4 is 27.5 Å². The van der Waals surface area contributed by atoms with Crippen LogP contribution in [0.2, 0.25) is 0 Å². The highest BCUT2D eigenvalue weighted by Gasteiger charge is 2.23. The molecule has 0 spiro atoms. The molecule has 4 rings (SSSR count). The number of nitro benzene ring substituents is 1. The molecule has 0 N–H and O–H groups in total. The van der Waals surface area contributed by atoms with Crippen molar-refractivity contribution in [2.45, 2.75) is 20.1 Å². The number of halogens is 1. The number of nitro groups is 1. The van der Waals surface area contributed by atoms with Gasteiger partial charge in [-0.05, 0) is 47.9 Å². The Balaban J connectivity index is 1.35. The maximum atomic E-state index is 13.1. The summed E-state index contributed by atoms with van der Waals surface area (Å²) in [4.78, 5) is 28.2. The largest absolute Gasteiger partial charge is 0.482 e. The predicted octanol–water partition coefficient (Wildman–Crippen LogP) is 5.20. The summed E-state index contributed by atoms with van der Waals surface area (Å²) in [6, 6.07) is 20.3. The van der Waals surface area contributed by atoms with Crippen LogP contribution in [0.4, 0.5) is 5.69 Å². The summed E-state index contributed by atoms with van der Waals surface area (Å²) in [5.41, 5.74) is 3.35. The fourth-order valence-electron chi connectivity index (χ4n) is 4.01. The van der Waals surface area contributed by atoms with Gasteiger partial charge in [0.05, 0.1) is 4.92 Å². The third-order valence-electron chi connectivity index (χ3n) is 5.89. The summed E-state index contributed by atoms with van der Waals surface area (Å²) < 4.78 is 6.82. The average molecular weight is 524 g/mol. The lowest BCUT2D eigenvalue weighted by Gasteiger charge is -2.35. The van der Waals surface area contributed by atoms with Crippen molar-refractivity contribution < 1.29 is 14.5 Å². The van der Waals surface area contributed by atoms with Crippen molar-refractivity contribution in [3.05, 3.63) is 104 Å². The van der Waals surface area contributed by atoms with Crippen LogP contribution in [0.3, 0.4) is 0 Å². The minimum Gasteiger partial charge on any atom is -0.482 e. The number of nitrogens with zero attached hydrogens (tertiary/aromatic N) is 3. The van der Waals surface area contributed by atoms with E-state index in [0.29, 0.717) is 18.7 Å². The molecule has 0 aromatic heterocycles. The molecule has 1 aliphatic heterocycles. The van der Waals surface area contributed by atoms with Crippen molar-refractivity contribution in [3.8, 4) is 5.75 Å². The normalized spacial score (nSPS) is 14.1. The third kappa shape index (κ3) is 5.81. The third-order valence-corrected chi connectivity index (χ3v) is 6.66. The van der Waals surface area contributed by atoms with E-state index in [1.54, 1.807) is 31.2 Å². The van der Waals surface area contributed by atoms with E-state index >= 15 is 0 Å². The first-order valence-corrected chi connectivity index (χ1v) is 11.9. The Labute approximate surface area is 207 Å². The molecule has 1 amide bonds. The van der Waals surface area contributed by atoms with Crippen LogP contribution in [0, 0.1) is 17.0 Å². The molecule has 1 fully saturated rings. The number of carbonyl (C=O) groups is 1. The highest BCUT2D eigenvalue weighted by atomic mass is 79.9. The van der Waals surface area contributed by atoms with E-state index in [1.165, 1.54) is 11.6 Å². The number of amides is 1. The Morgan fingerprint density at radius 1 is 1.03 bits per heavy atom. The number of rotatable bonds is 7. The average Bonchev–Trinajstić information content (AvgIpc) is 2.85. The molecule has 34 heavy (non-hydrogen) atoms. The summed E-state index contributed by atoms with van der Waals surface area (Å²) in [6.07, 6.45) is 0. The number of hydrogen-bond donors (Lipinski definition) is 0. The zero-order valence-electron chi connectivity index (χ0n) is 18.9.